The van der Waals surface area contributed by atoms with Gasteiger partial charge in [0.05, 0.1) is 29.2 Å². The molecule has 104 valence electrons. The van der Waals surface area contributed by atoms with Crippen LogP contribution in [0.1, 0.15) is 24.9 Å². The highest BCUT2D eigenvalue weighted by Crippen LogP contribution is 2.21. The minimum absolute atomic E-state index is 0.710. The molecule has 0 saturated carbocycles. The molecule has 0 atom stereocenters. The van der Waals surface area contributed by atoms with Crippen LogP contribution < -0.4 is 5.32 Å². The van der Waals surface area contributed by atoms with Crippen molar-refractivity contribution in [1.29, 1.82) is 0 Å². The van der Waals surface area contributed by atoms with Crippen molar-refractivity contribution in [2.45, 2.75) is 26.3 Å². The summed E-state index contributed by atoms with van der Waals surface area (Å²) >= 11 is 1.24. The number of para-hydroxylation sites is 2. The van der Waals surface area contributed by atoms with E-state index in [0.29, 0.717) is 6.42 Å². The molecule has 6 heteroatoms. The Balaban J connectivity index is 2.04. The lowest BCUT2D eigenvalue weighted by Crippen LogP contribution is -2.05. The topological polar surface area (TPSA) is 55.6 Å². The van der Waals surface area contributed by atoms with Crippen LogP contribution >= 0.6 is 11.7 Å². The number of aryl methyl sites for hydroxylation is 1. The van der Waals surface area contributed by atoms with Crippen molar-refractivity contribution < 1.29 is 0 Å². The number of hydrogen-bond acceptors (Lipinski definition) is 5. The molecule has 3 aromatic rings. The van der Waals surface area contributed by atoms with E-state index in [1.54, 1.807) is 0 Å². The second-order valence-electron chi connectivity index (χ2n) is 4.65. The van der Waals surface area contributed by atoms with E-state index in [-0.39, 0.29) is 0 Å². The Bertz CT molecular complexity index is 715. The molecule has 0 unspecified atom stereocenters. The first-order valence-electron chi connectivity index (χ1n) is 6.76. The highest BCUT2D eigenvalue weighted by Gasteiger charge is 2.14. The standard InChI is InChI=1S/C14H17N5S/c1-3-8-19-12-7-5-4-6-10(12)16-13(19)9-11-14(15-2)18-20-17-11/h4-7H,3,8-9H2,1-2H3,(H,15,18). The molecule has 0 spiro atoms. The molecule has 1 N–H and O–H groups in total. The number of rotatable bonds is 5. The van der Waals surface area contributed by atoms with Crippen LogP contribution in [0.5, 0.6) is 0 Å². The van der Waals surface area contributed by atoms with E-state index in [9.17, 15) is 0 Å². The lowest BCUT2D eigenvalue weighted by molar-refractivity contribution is 0.663. The number of aromatic nitrogens is 4. The maximum absolute atomic E-state index is 4.75. The van der Waals surface area contributed by atoms with Crippen molar-refractivity contribution in [1.82, 2.24) is 18.3 Å². The lowest BCUT2D eigenvalue weighted by atomic mass is 10.3. The second-order valence-corrected chi connectivity index (χ2v) is 5.18. The van der Waals surface area contributed by atoms with Gasteiger partial charge in [-0.1, -0.05) is 19.1 Å². The third-order valence-corrected chi connectivity index (χ3v) is 3.87. The molecule has 0 fully saturated rings. The Morgan fingerprint density at radius 1 is 1.25 bits per heavy atom. The zero-order valence-electron chi connectivity index (χ0n) is 11.6. The fraction of sp³-hybridized carbons (Fsp3) is 0.357. The van der Waals surface area contributed by atoms with Gasteiger partial charge < -0.3 is 9.88 Å². The quantitative estimate of drug-likeness (QED) is 0.784. The van der Waals surface area contributed by atoms with Gasteiger partial charge in [-0.3, -0.25) is 0 Å². The second kappa shape index (κ2) is 5.58. The van der Waals surface area contributed by atoms with Gasteiger partial charge in [0.15, 0.2) is 5.82 Å². The summed E-state index contributed by atoms with van der Waals surface area (Å²) in [7, 11) is 1.87. The molecule has 3 rings (SSSR count). The highest BCUT2D eigenvalue weighted by molar-refractivity contribution is 6.99. The Kier molecular flexibility index (Phi) is 3.64. The van der Waals surface area contributed by atoms with E-state index in [1.807, 2.05) is 13.1 Å². The van der Waals surface area contributed by atoms with Crippen LogP contribution in [0.3, 0.4) is 0 Å². The Labute approximate surface area is 122 Å². The number of fused-ring (bicyclic) bond motifs is 1. The Morgan fingerprint density at radius 3 is 2.90 bits per heavy atom. The van der Waals surface area contributed by atoms with E-state index >= 15 is 0 Å². The molecule has 0 radical (unpaired) electrons. The fourth-order valence-electron chi connectivity index (χ4n) is 2.40. The van der Waals surface area contributed by atoms with Gasteiger partial charge in [0, 0.05) is 13.6 Å². The first-order valence-corrected chi connectivity index (χ1v) is 7.49. The normalized spacial score (nSPS) is 11.1. The van der Waals surface area contributed by atoms with Crippen LogP contribution in [-0.2, 0) is 13.0 Å². The summed E-state index contributed by atoms with van der Waals surface area (Å²) in [5, 5.41) is 3.08. The monoisotopic (exact) mass is 287 g/mol. The summed E-state index contributed by atoms with van der Waals surface area (Å²) in [6.07, 6.45) is 1.79. The molecule has 0 aliphatic rings. The van der Waals surface area contributed by atoms with E-state index in [0.717, 1.165) is 35.8 Å². The maximum atomic E-state index is 4.75. The van der Waals surface area contributed by atoms with Gasteiger partial charge in [0.2, 0.25) is 0 Å². The predicted molar refractivity (Wildman–Crippen MR) is 82.3 cm³/mol. The molecule has 2 aromatic heterocycles. The molecular weight excluding hydrogens is 270 g/mol. The van der Waals surface area contributed by atoms with Crippen LogP contribution in [0.2, 0.25) is 0 Å². The predicted octanol–water partition coefficient (Wildman–Crippen LogP) is 2.93. The number of benzene rings is 1. The summed E-state index contributed by atoms with van der Waals surface area (Å²) in [5.41, 5.74) is 3.20. The number of imidazole rings is 1. The lowest BCUT2D eigenvalue weighted by Gasteiger charge is -2.07. The molecule has 20 heavy (non-hydrogen) atoms. The van der Waals surface area contributed by atoms with Crippen molar-refractivity contribution in [3.63, 3.8) is 0 Å². The molecule has 0 amide bonds. The van der Waals surface area contributed by atoms with Gasteiger partial charge in [0.1, 0.15) is 11.5 Å². The average Bonchev–Trinajstić information content (AvgIpc) is 3.05. The summed E-state index contributed by atoms with van der Waals surface area (Å²) in [4.78, 5) is 4.75. The first-order chi connectivity index (χ1) is 9.83. The minimum atomic E-state index is 0.710. The van der Waals surface area contributed by atoms with Gasteiger partial charge in [-0.25, -0.2) is 4.98 Å². The number of nitrogens with one attached hydrogen (secondary N) is 1. The van der Waals surface area contributed by atoms with Crippen molar-refractivity contribution in [3.05, 3.63) is 35.8 Å². The summed E-state index contributed by atoms with van der Waals surface area (Å²) in [5.74, 6) is 1.90. The first kappa shape index (κ1) is 13.1. The Morgan fingerprint density at radius 2 is 2.10 bits per heavy atom. The SMILES string of the molecule is CCCn1c(Cc2nsnc2NC)nc2ccccc21. The average molecular weight is 287 g/mol. The van der Waals surface area contributed by atoms with E-state index in [1.165, 1.54) is 17.2 Å². The molecule has 0 saturated heterocycles. The van der Waals surface area contributed by atoms with E-state index in [4.69, 9.17) is 4.98 Å². The molecule has 2 heterocycles. The smallest absolute Gasteiger partial charge is 0.163 e. The van der Waals surface area contributed by atoms with Gasteiger partial charge in [-0.2, -0.15) is 8.75 Å². The number of hydrogen-bond donors (Lipinski definition) is 1. The van der Waals surface area contributed by atoms with Crippen molar-refractivity contribution >= 4 is 28.6 Å². The molecule has 0 aliphatic carbocycles. The Hall–Kier alpha value is -1.95. The zero-order valence-corrected chi connectivity index (χ0v) is 12.4. The van der Waals surface area contributed by atoms with Crippen LogP contribution in [0.4, 0.5) is 5.82 Å². The van der Waals surface area contributed by atoms with Gasteiger partial charge in [0.25, 0.3) is 0 Å². The molecule has 0 bridgehead atoms. The summed E-state index contributed by atoms with van der Waals surface area (Å²) < 4.78 is 10.9. The van der Waals surface area contributed by atoms with Crippen LogP contribution in [-0.4, -0.2) is 25.3 Å². The maximum Gasteiger partial charge on any atom is 0.163 e. The van der Waals surface area contributed by atoms with Crippen molar-refractivity contribution in [2.75, 3.05) is 12.4 Å². The summed E-state index contributed by atoms with van der Waals surface area (Å²) in [6.45, 7) is 3.16. The van der Waals surface area contributed by atoms with E-state index < -0.39 is 0 Å². The minimum Gasteiger partial charge on any atom is -0.371 e. The zero-order chi connectivity index (χ0) is 13.9. The third-order valence-electron chi connectivity index (χ3n) is 3.30. The molecule has 1 aromatic carbocycles. The molecule has 0 aliphatic heterocycles. The fourth-order valence-corrected chi connectivity index (χ4v) is 2.96. The number of nitrogens with zero attached hydrogens (tertiary/aromatic N) is 4. The van der Waals surface area contributed by atoms with Gasteiger partial charge in [-0.05, 0) is 18.6 Å². The largest absolute Gasteiger partial charge is 0.371 e. The molecule has 5 nitrogen and oxygen atoms in total. The highest BCUT2D eigenvalue weighted by atomic mass is 32.1. The third kappa shape index (κ3) is 2.27. The molecular formula is C14H17N5S. The van der Waals surface area contributed by atoms with E-state index in [2.05, 4.69) is 43.8 Å². The van der Waals surface area contributed by atoms with Crippen molar-refractivity contribution in [2.24, 2.45) is 0 Å². The summed E-state index contributed by atoms with van der Waals surface area (Å²) in [6, 6.07) is 8.27. The van der Waals surface area contributed by atoms with Gasteiger partial charge in [-0.15, -0.1) is 0 Å². The van der Waals surface area contributed by atoms with Crippen LogP contribution in [0.15, 0.2) is 24.3 Å². The van der Waals surface area contributed by atoms with Crippen LogP contribution in [0, 0.1) is 0 Å². The van der Waals surface area contributed by atoms with Gasteiger partial charge >= 0.3 is 0 Å². The van der Waals surface area contributed by atoms with Crippen molar-refractivity contribution in [3.8, 4) is 0 Å². The van der Waals surface area contributed by atoms with Crippen LogP contribution in [0.25, 0.3) is 11.0 Å². The number of anilines is 1.